The Kier molecular flexibility index (Phi) is 4.85. The highest BCUT2D eigenvalue weighted by atomic mass is 19.4. The van der Waals surface area contributed by atoms with E-state index in [1.807, 2.05) is 0 Å². The minimum Gasteiger partial charge on any atom is -0.481 e. The molecule has 1 saturated heterocycles. The molecule has 1 aliphatic rings. The SMILES string of the molecule is CC1(C(=O)O)CCN(C(=O)N(CCO)CC(F)(F)F)C1. The highest BCUT2D eigenvalue weighted by molar-refractivity contribution is 5.79. The summed E-state index contributed by atoms with van der Waals surface area (Å²) >= 11 is 0. The van der Waals surface area contributed by atoms with E-state index >= 15 is 0 Å². The van der Waals surface area contributed by atoms with Crippen LogP contribution in [-0.2, 0) is 4.79 Å². The van der Waals surface area contributed by atoms with Gasteiger partial charge in [0.05, 0.1) is 12.0 Å². The number of amides is 2. The summed E-state index contributed by atoms with van der Waals surface area (Å²) in [5, 5.41) is 17.8. The first kappa shape index (κ1) is 16.5. The van der Waals surface area contributed by atoms with Gasteiger partial charge in [-0.05, 0) is 13.3 Å². The van der Waals surface area contributed by atoms with Crippen LogP contribution in [0, 0.1) is 5.41 Å². The Morgan fingerprint density at radius 1 is 1.40 bits per heavy atom. The number of carboxylic acid groups (broad SMARTS) is 1. The molecule has 1 atom stereocenters. The number of halogens is 3. The quantitative estimate of drug-likeness (QED) is 0.803. The maximum absolute atomic E-state index is 12.4. The van der Waals surface area contributed by atoms with Crippen molar-refractivity contribution in [3.05, 3.63) is 0 Å². The first-order valence-electron chi connectivity index (χ1n) is 6.04. The van der Waals surface area contributed by atoms with Crippen molar-refractivity contribution in [1.82, 2.24) is 9.80 Å². The first-order chi connectivity index (χ1) is 9.09. The molecule has 0 spiro atoms. The van der Waals surface area contributed by atoms with E-state index < -0.39 is 43.3 Å². The van der Waals surface area contributed by atoms with Crippen LogP contribution in [0.4, 0.5) is 18.0 Å². The number of nitrogens with zero attached hydrogens (tertiary/aromatic N) is 2. The van der Waals surface area contributed by atoms with Gasteiger partial charge in [0.15, 0.2) is 0 Å². The summed E-state index contributed by atoms with van der Waals surface area (Å²) < 4.78 is 37.1. The molecule has 1 fully saturated rings. The van der Waals surface area contributed by atoms with Gasteiger partial charge >= 0.3 is 18.2 Å². The van der Waals surface area contributed by atoms with Gasteiger partial charge in [-0.15, -0.1) is 0 Å². The standard InChI is InChI=1S/C11H17F3N2O4/c1-10(8(18)19)2-3-15(6-10)9(20)16(4-5-17)7-11(12,13)14/h17H,2-7H2,1H3,(H,18,19). The van der Waals surface area contributed by atoms with Gasteiger partial charge in [-0.2, -0.15) is 13.2 Å². The predicted molar refractivity (Wildman–Crippen MR) is 62.0 cm³/mol. The third-order valence-corrected chi connectivity index (χ3v) is 3.27. The number of hydrogen-bond acceptors (Lipinski definition) is 3. The molecule has 116 valence electrons. The molecule has 1 unspecified atom stereocenters. The van der Waals surface area contributed by atoms with Crippen molar-refractivity contribution >= 4 is 12.0 Å². The molecule has 6 nitrogen and oxygen atoms in total. The number of likely N-dealkylation sites (tertiary alicyclic amines) is 1. The fourth-order valence-corrected chi connectivity index (χ4v) is 2.08. The van der Waals surface area contributed by atoms with Gasteiger partial charge in [0.1, 0.15) is 6.54 Å². The predicted octanol–water partition coefficient (Wildman–Crippen LogP) is 0.760. The monoisotopic (exact) mass is 298 g/mol. The topological polar surface area (TPSA) is 81.1 Å². The molecule has 0 bridgehead atoms. The molecule has 20 heavy (non-hydrogen) atoms. The van der Waals surface area contributed by atoms with E-state index in [2.05, 4.69) is 0 Å². The molecule has 2 amide bonds. The molecule has 0 saturated carbocycles. The molecular weight excluding hydrogens is 281 g/mol. The van der Waals surface area contributed by atoms with E-state index in [0.717, 1.165) is 4.90 Å². The molecular formula is C11H17F3N2O4. The molecule has 0 aromatic heterocycles. The maximum Gasteiger partial charge on any atom is 0.406 e. The molecule has 0 radical (unpaired) electrons. The Bertz CT molecular complexity index is 388. The van der Waals surface area contributed by atoms with Crippen molar-refractivity contribution in [2.45, 2.75) is 19.5 Å². The second kappa shape index (κ2) is 5.86. The first-order valence-corrected chi connectivity index (χ1v) is 6.04. The lowest BCUT2D eigenvalue weighted by atomic mass is 9.90. The van der Waals surface area contributed by atoms with Gasteiger partial charge in [-0.1, -0.05) is 0 Å². The van der Waals surface area contributed by atoms with Crippen LogP contribution in [0.1, 0.15) is 13.3 Å². The molecule has 1 rings (SSSR count). The molecule has 9 heteroatoms. The van der Waals surface area contributed by atoms with Gasteiger partial charge < -0.3 is 20.0 Å². The Hall–Kier alpha value is -1.51. The van der Waals surface area contributed by atoms with Crippen molar-refractivity contribution in [2.75, 3.05) is 32.8 Å². The second-order valence-electron chi connectivity index (χ2n) is 5.08. The highest BCUT2D eigenvalue weighted by Crippen LogP contribution is 2.31. The summed E-state index contributed by atoms with van der Waals surface area (Å²) in [6.45, 7) is -1.11. The largest absolute Gasteiger partial charge is 0.481 e. The summed E-state index contributed by atoms with van der Waals surface area (Å²) in [6.07, 6.45) is -4.38. The zero-order valence-electron chi connectivity index (χ0n) is 11.0. The van der Waals surface area contributed by atoms with Crippen LogP contribution < -0.4 is 0 Å². The van der Waals surface area contributed by atoms with Crippen LogP contribution in [0.25, 0.3) is 0 Å². The minimum atomic E-state index is -4.57. The molecule has 0 aromatic rings. The van der Waals surface area contributed by atoms with Crippen molar-refractivity contribution in [3.8, 4) is 0 Å². The molecule has 0 aromatic carbocycles. The van der Waals surface area contributed by atoms with Crippen molar-refractivity contribution < 1.29 is 33.0 Å². The van der Waals surface area contributed by atoms with E-state index in [1.54, 1.807) is 0 Å². The van der Waals surface area contributed by atoms with Crippen LogP contribution in [0.5, 0.6) is 0 Å². The summed E-state index contributed by atoms with van der Waals surface area (Å²) in [5.41, 5.74) is -1.14. The Labute approximate surface area is 113 Å². The number of aliphatic hydroxyl groups is 1. The average molecular weight is 298 g/mol. The van der Waals surface area contributed by atoms with Gasteiger partial charge in [0.25, 0.3) is 0 Å². The van der Waals surface area contributed by atoms with Crippen LogP contribution >= 0.6 is 0 Å². The molecule has 1 aliphatic heterocycles. The number of rotatable bonds is 4. The third kappa shape index (κ3) is 3.99. The minimum absolute atomic E-state index is 0.0847. The number of carbonyl (C=O) groups is 2. The number of urea groups is 1. The van der Waals surface area contributed by atoms with Crippen molar-refractivity contribution in [1.29, 1.82) is 0 Å². The molecule has 2 N–H and O–H groups in total. The summed E-state index contributed by atoms with van der Waals surface area (Å²) in [5.74, 6) is -1.09. The third-order valence-electron chi connectivity index (χ3n) is 3.27. The van der Waals surface area contributed by atoms with E-state index in [-0.39, 0.29) is 19.5 Å². The fraction of sp³-hybridized carbons (Fsp3) is 0.818. The van der Waals surface area contributed by atoms with Crippen molar-refractivity contribution in [3.63, 3.8) is 0 Å². The normalized spacial score (nSPS) is 22.9. The summed E-state index contributed by atoms with van der Waals surface area (Å²) in [4.78, 5) is 24.6. The Balaban J connectivity index is 2.74. The zero-order chi connectivity index (χ0) is 15.6. The Morgan fingerprint density at radius 3 is 2.40 bits per heavy atom. The highest BCUT2D eigenvalue weighted by Gasteiger charge is 2.44. The smallest absolute Gasteiger partial charge is 0.406 e. The van der Waals surface area contributed by atoms with Crippen LogP contribution in [-0.4, -0.2) is 71.0 Å². The van der Waals surface area contributed by atoms with Gasteiger partial charge in [0, 0.05) is 19.6 Å². The number of hydrogen-bond donors (Lipinski definition) is 2. The molecule has 1 heterocycles. The van der Waals surface area contributed by atoms with Crippen LogP contribution in [0.2, 0.25) is 0 Å². The maximum atomic E-state index is 12.4. The number of alkyl halides is 3. The van der Waals surface area contributed by atoms with E-state index in [9.17, 15) is 22.8 Å². The second-order valence-corrected chi connectivity index (χ2v) is 5.08. The van der Waals surface area contributed by atoms with Crippen molar-refractivity contribution in [2.24, 2.45) is 5.41 Å². The summed E-state index contributed by atoms with van der Waals surface area (Å²) in [6, 6.07) is -0.902. The van der Waals surface area contributed by atoms with Crippen LogP contribution in [0.3, 0.4) is 0 Å². The number of aliphatic carboxylic acids is 1. The number of carboxylic acids is 1. The molecule has 0 aliphatic carbocycles. The lowest BCUT2D eigenvalue weighted by Crippen LogP contribution is -2.48. The van der Waals surface area contributed by atoms with Gasteiger partial charge in [0.2, 0.25) is 0 Å². The van der Waals surface area contributed by atoms with Crippen LogP contribution in [0.15, 0.2) is 0 Å². The van der Waals surface area contributed by atoms with Gasteiger partial charge in [-0.25, -0.2) is 4.79 Å². The zero-order valence-corrected chi connectivity index (χ0v) is 11.0. The Morgan fingerprint density at radius 2 is 2.00 bits per heavy atom. The average Bonchev–Trinajstić information content (AvgIpc) is 2.70. The lowest BCUT2D eigenvalue weighted by molar-refractivity contribution is -0.147. The van der Waals surface area contributed by atoms with E-state index in [0.29, 0.717) is 4.90 Å². The van der Waals surface area contributed by atoms with E-state index in [4.69, 9.17) is 10.2 Å². The summed E-state index contributed by atoms with van der Waals surface area (Å²) in [7, 11) is 0. The lowest BCUT2D eigenvalue weighted by Gasteiger charge is -2.29. The van der Waals surface area contributed by atoms with Gasteiger partial charge in [-0.3, -0.25) is 4.79 Å². The van der Waals surface area contributed by atoms with E-state index in [1.165, 1.54) is 6.92 Å². The number of carbonyl (C=O) groups excluding carboxylic acids is 1. The fourth-order valence-electron chi connectivity index (χ4n) is 2.08. The number of aliphatic hydroxyl groups excluding tert-OH is 1.